The smallest absolute Gasteiger partial charge is 0.251 e. The number of hydrogen-bond acceptors (Lipinski definition) is 4. The number of nitrogens with one attached hydrogen (secondary N) is 1. The maximum atomic E-state index is 12.3. The van der Waals surface area contributed by atoms with E-state index >= 15 is 0 Å². The molecular formula is C19H24BrN3O4. The van der Waals surface area contributed by atoms with Crippen molar-refractivity contribution in [1.82, 2.24) is 15.1 Å². The van der Waals surface area contributed by atoms with E-state index in [4.69, 9.17) is 4.74 Å². The van der Waals surface area contributed by atoms with Crippen molar-refractivity contribution >= 4 is 33.7 Å². The number of carbonyl (C=O) groups excluding carboxylic acids is 3. The van der Waals surface area contributed by atoms with Crippen LogP contribution in [0.25, 0.3) is 0 Å². The van der Waals surface area contributed by atoms with Crippen LogP contribution in [0.2, 0.25) is 0 Å². The highest BCUT2D eigenvalue weighted by Gasteiger charge is 2.31. The lowest BCUT2D eigenvalue weighted by molar-refractivity contribution is -0.145. The lowest BCUT2D eigenvalue weighted by atomic mass is 10.2. The predicted octanol–water partition coefficient (Wildman–Crippen LogP) is 1.42. The van der Waals surface area contributed by atoms with Crippen LogP contribution in [-0.4, -0.2) is 73.0 Å². The number of carbonyl (C=O) groups is 3. The van der Waals surface area contributed by atoms with Gasteiger partial charge in [0.25, 0.3) is 11.8 Å². The molecule has 0 aromatic heterocycles. The fraction of sp³-hybridized carbons (Fsp3) is 0.526. The molecule has 0 bridgehead atoms. The minimum absolute atomic E-state index is 0.00433. The summed E-state index contributed by atoms with van der Waals surface area (Å²) in [7, 11) is 0. The van der Waals surface area contributed by atoms with E-state index in [0.29, 0.717) is 44.9 Å². The summed E-state index contributed by atoms with van der Waals surface area (Å²) in [5.41, 5.74) is 0.562. The number of benzene rings is 1. The fourth-order valence-electron chi connectivity index (χ4n) is 3.30. The number of halogens is 1. The number of nitrogens with zero attached hydrogens (tertiary/aromatic N) is 2. The van der Waals surface area contributed by atoms with E-state index in [1.165, 1.54) is 0 Å². The molecule has 2 saturated heterocycles. The van der Waals surface area contributed by atoms with Crippen LogP contribution in [-0.2, 0) is 14.3 Å². The van der Waals surface area contributed by atoms with Crippen LogP contribution in [0.5, 0.6) is 0 Å². The summed E-state index contributed by atoms with van der Waals surface area (Å²) in [6.45, 7) is 3.07. The molecule has 1 atom stereocenters. The number of amides is 3. The Balaban J connectivity index is 1.37. The molecule has 1 unspecified atom stereocenters. The molecule has 2 aliphatic heterocycles. The number of rotatable bonds is 5. The second-order valence-electron chi connectivity index (χ2n) is 6.72. The molecule has 0 aliphatic carbocycles. The SMILES string of the molecule is O=C(NCCC(=O)N1CCN(C(=O)C2CCCO2)CC1)c1ccc(Br)cc1. The van der Waals surface area contributed by atoms with E-state index in [-0.39, 0.29) is 30.2 Å². The lowest BCUT2D eigenvalue weighted by Crippen LogP contribution is -2.53. The molecule has 1 aromatic rings. The minimum atomic E-state index is -0.305. The molecule has 2 aliphatic rings. The van der Waals surface area contributed by atoms with E-state index in [1.54, 1.807) is 34.1 Å². The van der Waals surface area contributed by atoms with Crippen LogP contribution in [0.4, 0.5) is 0 Å². The van der Waals surface area contributed by atoms with Gasteiger partial charge in [-0.3, -0.25) is 14.4 Å². The van der Waals surface area contributed by atoms with Crippen molar-refractivity contribution in [2.24, 2.45) is 0 Å². The standard InChI is InChI=1S/C19H24BrN3O4/c20-15-5-3-14(4-6-15)18(25)21-8-7-17(24)22-9-11-23(12-10-22)19(26)16-2-1-13-27-16/h3-6,16H,1-2,7-13H2,(H,21,25). The van der Waals surface area contributed by atoms with Crippen molar-refractivity contribution in [1.29, 1.82) is 0 Å². The maximum Gasteiger partial charge on any atom is 0.251 e. The van der Waals surface area contributed by atoms with Crippen LogP contribution in [0, 0.1) is 0 Å². The summed E-state index contributed by atoms with van der Waals surface area (Å²) in [5.74, 6) is -0.154. The van der Waals surface area contributed by atoms with Gasteiger partial charge < -0.3 is 19.9 Å². The van der Waals surface area contributed by atoms with Gasteiger partial charge in [0.05, 0.1) is 0 Å². The van der Waals surface area contributed by atoms with Gasteiger partial charge in [0, 0.05) is 55.8 Å². The third-order valence-corrected chi connectivity index (χ3v) is 5.41. The van der Waals surface area contributed by atoms with Crippen LogP contribution in [0.15, 0.2) is 28.7 Å². The van der Waals surface area contributed by atoms with Gasteiger partial charge in [-0.05, 0) is 37.1 Å². The predicted molar refractivity (Wildman–Crippen MR) is 103 cm³/mol. The van der Waals surface area contributed by atoms with Gasteiger partial charge in [-0.25, -0.2) is 0 Å². The first-order valence-electron chi connectivity index (χ1n) is 9.26. The van der Waals surface area contributed by atoms with Gasteiger partial charge >= 0.3 is 0 Å². The zero-order chi connectivity index (χ0) is 19.2. The first-order valence-corrected chi connectivity index (χ1v) is 10.1. The quantitative estimate of drug-likeness (QED) is 0.755. The van der Waals surface area contributed by atoms with Crippen LogP contribution in [0.1, 0.15) is 29.6 Å². The highest BCUT2D eigenvalue weighted by molar-refractivity contribution is 9.10. The molecule has 146 valence electrons. The maximum absolute atomic E-state index is 12.3. The Morgan fingerprint density at radius 3 is 2.37 bits per heavy atom. The highest BCUT2D eigenvalue weighted by Crippen LogP contribution is 2.16. The van der Waals surface area contributed by atoms with Gasteiger partial charge in [0.1, 0.15) is 6.10 Å². The molecule has 0 saturated carbocycles. The first kappa shape index (κ1) is 19.8. The summed E-state index contributed by atoms with van der Waals surface area (Å²) in [6, 6.07) is 7.06. The van der Waals surface area contributed by atoms with E-state index in [0.717, 1.165) is 17.3 Å². The normalized spacial score (nSPS) is 19.8. The number of ether oxygens (including phenoxy) is 1. The van der Waals surface area contributed by atoms with Gasteiger partial charge in [0.15, 0.2) is 0 Å². The Labute approximate surface area is 167 Å². The van der Waals surface area contributed by atoms with E-state index in [1.807, 2.05) is 0 Å². The summed E-state index contributed by atoms with van der Waals surface area (Å²) < 4.78 is 6.35. The van der Waals surface area contributed by atoms with E-state index in [9.17, 15) is 14.4 Å². The molecular weight excluding hydrogens is 414 g/mol. The van der Waals surface area contributed by atoms with Gasteiger partial charge in [-0.2, -0.15) is 0 Å². The fourth-order valence-corrected chi connectivity index (χ4v) is 3.56. The van der Waals surface area contributed by atoms with Crippen molar-refractivity contribution in [3.63, 3.8) is 0 Å². The zero-order valence-electron chi connectivity index (χ0n) is 15.2. The van der Waals surface area contributed by atoms with Gasteiger partial charge in [-0.1, -0.05) is 15.9 Å². The van der Waals surface area contributed by atoms with Gasteiger partial charge in [-0.15, -0.1) is 0 Å². The van der Waals surface area contributed by atoms with Gasteiger partial charge in [0.2, 0.25) is 5.91 Å². The molecule has 3 amide bonds. The molecule has 3 rings (SSSR count). The molecule has 7 nitrogen and oxygen atoms in total. The molecule has 0 spiro atoms. The topological polar surface area (TPSA) is 79.0 Å². The minimum Gasteiger partial charge on any atom is -0.368 e. The molecule has 8 heteroatoms. The zero-order valence-corrected chi connectivity index (χ0v) is 16.7. The number of piperazine rings is 1. The molecule has 1 aromatic carbocycles. The Kier molecular flexibility index (Phi) is 6.84. The van der Waals surface area contributed by atoms with E-state index in [2.05, 4.69) is 21.2 Å². The molecule has 1 N–H and O–H groups in total. The Bertz CT molecular complexity index is 681. The molecule has 27 heavy (non-hydrogen) atoms. The van der Waals surface area contributed by atoms with Crippen molar-refractivity contribution in [3.8, 4) is 0 Å². The summed E-state index contributed by atoms with van der Waals surface area (Å²) in [4.78, 5) is 40.3. The van der Waals surface area contributed by atoms with Crippen molar-refractivity contribution < 1.29 is 19.1 Å². The second kappa shape index (κ2) is 9.32. The molecule has 0 radical (unpaired) electrons. The Hall–Kier alpha value is -1.93. The number of hydrogen-bond donors (Lipinski definition) is 1. The summed E-state index contributed by atoms with van der Waals surface area (Å²) in [6.07, 6.45) is 1.67. The summed E-state index contributed by atoms with van der Waals surface area (Å²) in [5, 5.41) is 2.77. The molecule has 2 heterocycles. The van der Waals surface area contributed by atoms with Crippen LogP contribution in [0.3, 0.4) is 0 Å². The highest BCUT2D eigenvalue weighted by atomic mass is 79.9. The van der Waals surface area contributed by atoms with Crippen LogP contribution >= 0.6 is 15.9 Å². The lowest BCUT2D eigenvalue weighted by Gasteiger charge is -2.35. The monoisotopic (exact) mass is 437 g/mol. The Morgan fingerprint density at radius 1 is 1.07 bits per heavy atom. The van der Waals surface area contributed by atoms with Crippen molar-refractivity contribution in [3.05, 3.63) is 34.3 Å². The van der Waals surface area contributed by atoms with E-state index < -0.39 is 0 Å². The van der Waals surface area contributed by atoms with Crippen molar-refractivity contribution in [2.45, 2.75) is 25.4 Å². The summed E-state index contributed by atoms with van der Waals surface area (Å²) >= 11 is 3.33. The molecule has 2 fully saturated rings. The largest absolute Gasteiger partial charge is 0.368 e. The second-order valence-corrected chi connectivity index (χ2v) is 7.64. The Morgan fingerprint density at radius 2 is 1.74 bits per heavy atom. The third kappa shape index (κ3) is 5.29. The van der Waals surface area contributed by atoms with Crippen LogP contribution < -0.4 is 5.32 Å². The first-order chi connectivity index (χ1) is 13.0. The van der Waals surface area contributed by atoms with Crippen molar-refractivity contribution in [2.75, 3.05) is 39.3 Å². The average molecular weight is 438 g/mol. The third-order valence-electron chi connectivity index (χ3n) is 4.88. The average Bonchev–Trinajstić information content (AvgIpc) is 3.22.